The van der Waals surface area contributed by atoms with Crippen molar-refractivity contribution in [3.63, 3.8) is 0 Å². The topological polar surface area (TPSA) is 43.1 Å². The second kappa shape index (κ2) is 6.22. The average molecular weight is 334 g/mol. The van der Waals surface area contributed by atoms with E-state index in [1.807, 2.05) is 0 Å². The van der Waals surface area contributed by atoms with E-state index in [9.17, 15) is 13.2 Å². The maximum absolute atomic E-state index is 14.3. The van der Waals surface area contributed by atoms with Gasteiger partial charge in [0.1, 0.15) is 23.8 Å². The van der Waals surface area contributed by atoms with Crippen LogP contribution in [0.1, 0.15) is 31.7 Å². The molecule has 1 aromatic carbocycles. The van der Waals surface area contributed by atoms with Crippen molar-refractivity contribution in [1.29, 1.82) is 0 Å². The Balaban J connectivity index is 2.30. The molecular formula is C17H17F3N4. The fourth-order valence-corrected chi connectivity index (χ4v) is 2.79. The molecule has 126 valence electrons. The second-order valence-corrected chi connectivity index (χ2v) is 6.17. The smallest absolute Gasteiger partial charge is 0.216 e. The van der Waals surface area contributed by atoms with E-state index in [2.05, 4.69) is 28.9 Å². The summed E-state index contributed by atoms with van der Waals surface area (Å²) < 4.78 is 43.4. The molecule has 0 aliphatic carbocycles. The molecule has 0 radical (unpaired) electrons. The number of hydrogen-bond donors (Lipinski definition) is 0. The highest BCUT2D eigenvalue weighted by Crippen LogP contribution is 2.33. The molecule has 0 aliphatic heterocycles. The van der Waals surface area contributed by atoms with E-state index in [1.165, 1.54) is 10.8 Å². The highest BCUT2D eigenvalue weighted by Gasteiger charge is 2.22. The normalized spacial score (nSPS) is 11.6. The quantitative estimate of drug-likeness (QED) is 0.721. The largest absolute Gasteiger partial charge is 0.252 e. The average Bonchev–Trinajstić information content (AvgIpc) is 2.93. The molecule has 0 atom stereocenters. The van der Waals surface area contributed by atoms with Gasteiger partial charge in [-0.15, -0.1) is 0 Å². The molecule has 0 fully saturated rings. The maximum Gasteiger partial charge on any atom is 0.252 e. The van der Waals surface area contributed by atoms with Gasteiger partial charge in [-0.1, -0.05) is 13.8 Å². The van der Waals surface area contributed by atoms with Gasteiger partial charge < -0.3 is 0 Å². The Hall–Kier alpha value is -2.44. The van der Waals surface area contributed by atoms with Gasteiger partial charge >= 0.3 is 0 Å². The van der Waals surface area contributed by atoms with Crippen LogP contribution in [0.4, 0.5) is 13.2 Å². The number of fused-ring (bicyclic) bond motifs is 1. The van der Waals surface area contributed by atoms with E-state index in [4.69, 9.17) is 0 Å². The molecular weight excluding hydrogens is 317 g/mol. The predicted octanol–water partition coefficient (Wildman–Crippen LogP) is 4.11. The fourth-order valence-electron chi connectivity index (χ4n) is 2.79. The standard InChI is InChI=1S/C17H17F3N4/c1-9(2)4-5-14-15(10(3)23-17-21-8-22-24(14)17)16-12(19)6-11(18)7-13(16)20/h6-9H,4-5H2,1-3H3. The van der Waals surface area contributed by atoms with Crippen LogP contribution >= 0.6 is 0 Å². The molecule has 3 aromatic rings. The van der Waals surface area contributed by atoms with Crippen molar-refractivity contribution < 1.29 is 13.2 Å². The second-order valence-electron chi connectivity index (χ2n) is 6.17. The van der Waals surface area contributed by atoms with Crippen molar-refractivity contribution in [2.45, 2.75) is 33.6 Å². The lowest BCUT2D eigenvalue weighted by Gasteiger charge is -2.16. The van der Waals surface area contributed by atoms with E-state index in [0.29, 0.717) is 47.2 Å². The molecule has 0 saturated heterocycles. The lowest BCUT2D eigenvalue weighted by atomic mass is 9.96. The fraction of sp³-hybridized carbons (Fsp3) is 0.353. The molecule has 0 saturated carbocycles. The van der Waals surface area contributed by atoms with Gasteiger partial charge in [0.15, 0.2) is 0 Å². The maximum atomic E-state index is 14.3. The summed E-state index contributed by atoms with van der Waals surface area (Å²) in [6.45, 7) is 5.78. The first-order valence-corrected chi connectivity index (χ1v) is 7.72. The summed E-state index contributed by atoms with van der Waals surface area (Å²) in [7, 11) is 0. The monoisotopic (exact) mass is 334 g/mol. The first-order chi connectivity index (χ1) is 11.4. The van der Waals surface area contributed by atoms with Crippen molar-refractivity contribution in [1.82, 2.24) is 19.6 Å². The van der Waals surface area contributed by atoms with Gasteiger partial charge in [-0.05, 0) is 25.7 Å². The number of nitrogens with zero attached hydrogens (tertiary/aromatic N) is 4. The van der Waals surface area contributed by atoms with E-state index in [1.54, 1.807) is 6.92 Å². The number of hydrogen-bond acceptors (Lipinski definition) is 3. The van der Waals surface area contributed by atoms with E-state index >= 15 is 0 Å². The molecule has 0 spiro atoms. The lowest BCUT2D eigenvalue weighted by Crippen LogP contribution is -2.09. The zero-order chi connectivity index (χ0) is 17.4. The summed E-state index contributed by atoms with van der Waals surface area (Å²) in [5.74, 6) is -2.10. The third-order valence-corrected chi connectivity index (χ3v) is 3.92. The Kier molecular flexibility index (Phi) is 4.26. The third-order valence-electron chi connectivity index (χ3n) is 3.92. The van der Waals surface area contributed by atoms with E-state index in [0.717, 1.165) is 6.42 Å². The van der Waals surface area contributed by atoms with Gasteiger partial charge in [-0.25, -0.2) is 22.7 Å². The van der Waals surface area contributed by atoms with Crippen LogP contribution in [0.25, 0.3) is 16.9 Å². The minimum absolute atomic E-state index is 0.280. The van der Waals surface area contributed by atoms with Crippen molar-refractivity contribution in [2.75, 3.05) is 0 Å². The number of aryl methyl sites for hydroxylation is 2. The van der Waals surface area contributed by atoms with E-state index in [-0.39, 0.29) is 5.56 Å². The summed E-state index contributed by atoms with van der Waals surface area (Å²) in [4.78, 5) is 8.32. The molecule has 0 aliphatic rings. The van der Waals surface area contributed by atoms with Gasteiger partial charge in [0.2, 0.25) is 0 Å². The Morgan fingerprint density at radius 3 is 2.38 bits per heavy atom. The zero-order valence-electron chi connectivity index (χ0n) is 13.6. The number of halogens is 3. The van der Waals surface area contributed by atoms with Crippen LogP contribution in [-0.4, -0.2) is 19.6 Å². The van der Waals surface area contributed by atoms with Gasteiger partial charge in [0.05, 0.1) is 17.0 Å². The predicted molar refractivity (Wildman–Crippen MR) is 84.0 cm³/mol. The van der Waals surface area contributed by atoms with E-state index < -0.39 is 17.5 Å². The van der Waals surface area contributed by atoms with Crippen LogP contribution in [0, 0.1) is 30.3 Å². The van der Waals surface area contributed by atoms with Crippen molar-refractivity contribution >= 4 is 5.78 Å². The Bertz CT molecular complexity index is 879. The van der Waals surface area contributed by atoms with Crippen molar-refractivity contribution in [2.24, 2.45) is 5.92 Å². The summed E-state index contributed by atoms with van der Waals surface area (Å²) in [5, 5.41) is 4.12. The molecule has 0 amide bonds. The third kappa shape index (κ3) is 2.86. The first kappa shape index (κ1) is 16.4. The van der Waals surface area contributed by atoms with Gasteiger partial charge in [-0.2, -0.15) is 10.1 Å². The molecule has 0 bridgehead atoms. The SMILES string of the molecule is Cc1nc2ncnn2c(CCC(C)C)c1-c1c(F)cc(F)cc1F. The minimum Gasteiger partial charge on any atom is -0.216 e. The van der Waals surface area contributed by atoms with Crippen molar-refractivity contribution in [3.8, 4) is 11.1 Å². The van der Waals surface area contributed by atoms with Crippen molar-refractivity contribution in [3.05, 3.63) is 47.3 Å². The highest BCUT2D eigenvalue weighted by molar-refractivity contribution is 5.71. The summed E-state index contributed by atoms with van der Waals surface area (Å²) >= 11 is 0. The molecule has 2 heterocycles. The van der Waals surface area contributed by atoms with Crippen LogP contribution in [0.3, 0.4) is 0 Å². The molecule has 0 unspecified atom stereocenters. The number of benzene rings is 1. The Morgan fingerprint density at radius 1 is 1.08 bits per heavy atom. The summed E-state index contributed by atoms with van der Waals surface area (Å²) in [6.07, 6.45) is 2.70. The van der Waals surface area contributed by atoms with Crippen LogP contribution < -0.4 is 0 Å². The minimum atomic E-state index is -0.956. The summed E-state index contributed by atoms with van der Waals surface area (Å²) in [5.41, 5.74) is 1.08. The lowest BCUT2D eigenvalue weighted by molar-refractivity contribution is 0.546. The molecule has 4 nitrogen and oxygen atoms in total. The van der Waals surface area contributed by atoms with Crippen LogP contribution in [-0.2, 0) is 6.42 Å². The summed E-state index contributed by atoms with van der Waals surface area (Å²) in [6, 6.07) is 1.35. The van der Waals surface area contributed by atoms with Crippen LogP contribution in [0.15, 0.2) is 18.5 Å². The number of aromatic nitrogens is 4. The molecule has 3 rings (SSSR count). The molecule has 24 heavy (non-hydrogen) atoms. The zero-order valence-corrected chi connectivity index (χ0v) is 13.6. The highest BCUT2D eigenvalue weighted by atomic mass is 19.1. The molecule has 0 N–H and O–H groups in total. The number of rotatable bonds is 4. The van der Waals surface area contributed by atoms with Crippen LogP contribution in [0.2, 0.25) is 0 Å². The van der Waals surface area contributed by atoms with Gasteiger partial charge in [0, 0.05) is 17.7 Å². The van der Waals surface area contributed by atoms with Crippen LogP contribution in [0.5, 0.6) is 0 Å². The molecule has 2 aromatic heterocycles. The molecule has 7 heteroatoms. The Morgan fingerprint density at radius 2 is 1.75 bits per heavy atom. The Labute approximate surface area is 137 Å². The first-order valence-electron chi connectivity index (χ1n) is 7.72. The van der Waals surface area contributed by atoms with Gasteiger partial charge in [0.25, 0.3) is 5.78 Å². The van der Waals surface area contributed by atoms with Gasteiger partial charge in [-0.3, -0.25) is 0 Å².